The fourth-order valence-corrected chi connectivity index (χ4v) is 2.35. The van der Waals surface area contributed by atoms with Crippen molar-refractivity contribution in [3.05, 3.63) is 60.1 Å². The van der Waals surface area contributed by atoms with Crippen molar-refractivity contribution >= 4 is 50.2 Å². The van der Waals surface area contributed by atoms with Gasteiger partial charge >= 0.3 is 11.7 Å². The van der Waals surface area contributed by atoms with Crippen molar-refractivity contribution < 1.29 is 19.6 Å². The van der Waals surface area contributed by atoms with E-state index in [-0.39, 0.29) is 22.7 Å². The highest BCUT2D eigenvalue weighted by Crippen LogP contribution is 2.35. The first-order chi connectivity index (χ1) is 9.88. The first-order valence-electron chi connectivity index (χ1n) is 5.53. The lowest BCUT2D eigenvalue weighted by atomic mass is 10.2. The maximum atomic E-state index is 11.0. The molecule has 0 aromatic heterocycles. The van der Waals surface area contributed by atoms with Crippen molar-refractivity contribution in [1.82, 2.24) is 0 Å². The van der Waals surface area contributed by atoms with Gasteiger partial charge in [0.15, 0.2) is 0 Å². The van der Waals surface area contributed by atoms with Gasteiger partial charge in [-0.2, -0.15) is 0 Å². The van der Waals surface area contributed by atoms with Crippen LogP contribution in [0.2, 0.25) is 0 Å². The number of carboxylic acids is 1. The van der Waals surface area contributed by atoms with Gasteiger partial charge in [-0.25, -0.2) is 4.79 Å². The van der Waals surface area contributed by atoms with Gasteiger partial charge in [0.25, 0.3) is 0 Å². The molecular formula is C13H7BrINO5. The number of hydrogen-bond donors (Lipinski definition) is 1. The second-order valence-corrected chi connectivity index (χ2v) is 6.00. The molecule has 1 N–H and O–H groups in total. The third-order valence-electron chi connectivity index (χ3n) is 2.52. The van der Waals surface area contributed by atoms with Crippen molar-refractivity contribution in [2.24, 2.45) is 0 Å². The Kier molecular flexibility index (Phi) is 4.78. The molecule has 0 spiro atoms. The Labute approximate surface area is 141 Å². The Balaban J connectivity index is 2.45. The number of hydrogen-bond acceptors (Lipinski definition) is 4. The van der Waals surface area contributed by atoms with Crippen LogP contribution in [0.3, 0.4) is 0 Å². The predicted octanol–water partition coefficient (Wildman–Crippen LogP) is 4.45. The van der Waals surface area contributed by atoms with Gasteiger partial charge in [-0.05, 0) is 52.9 Å². The zero-order valence-electron chi connectivity index (χ0n) is 10.2. The van der Waals surface area contributed by atoms with Crippen LogP contribution in [0.5, 0.6) is 11.5 Å². The van der Waals surface area contributed by atoms with Gasteiger partial charge in [-0.15, -0.1) is 0 Å². The Bertz CT molecular complexity index is 734. The molecule has 0 saturated heterocycles. The van der Waals surface area contributed by atoms with Gasteiger partial charge in [0.05, 0.1) is 14.1 Å². The molecular weight excluding hydrogens is 457 g/mol. The molecule has 0 amide bonds. The molecule has 0 atom stereocenters. The average molecular weight is 464 g/mol. The third-order valence-corrected chi connectivity index (χ3v) is 3.90. The van der Waals surface area contributed by atoms with Gasteiger partial charge in [-0.3, -0.25) is 10.1 Å². The van der Waals surface area contributed by atoms with Crippen LogP contribution in [-0.4, -0.2) is 16.0 Å². The fourth-order valence-electron chi connectivity index (χ4n) is 1.55. The first kappa shape index (κ1) is 15.7. The van der Waals surface area contributed by atoms with Crippen LogP contribution in [0.4, 0.5) is 5.69 Å². The summed E-state index contributed by atoms with van der Waals surface area (Å²) in [6.07, 6.45) is 0. The smallest absolute Gasteiger partial charge is 0.335 e. The van der Waals surface area contributed by atoms with Gasteiger partial charge < -0.3 is 9.84 Å². The van der Waals surface area contributed by atoms with E-state index in [0.29, 0.717) is 8.04 Å². The molecule has 2 aromatic rings. The minimum Gasteiger partial charge on any atom is -0.478 e. The molecule has 0 fully saturated rings. The summed E-state index contributed by atoms with van der Waals surface area (Å²) in [5.41, 5.74) is -0.161. The van der Waals surface area contributed by atoms with Gasteiger partial charge in [0.2, 0.25) is 5.75 Å². The standard InChI is InChI=1S/C13H7BrINO5/c14-8-2-4-11(10(6-8)16(19)20)21-12-5-7(13(17)18)1-3-9(12)15/h1-6H,(H,17,18). The van der Waals surface area contributed by atoms with Crippen LogP contribution >= 0.6 is 38.5 Å². The van der Waals surface area contributed by atoms with E-state index in [9.17, 15) is 14.9 Å². The number of nitro groups is 1. The van der Waals surface area contributed by atoms with Crippen molar-refractivity contribution in [2.45, 2.75) is 0 Å². The molecule has 0 radical (unpaired) electrons. The Morgan fingerprint density at radius 1 is 1.24 bits per heavy atom. The van der Waals surface area contributed by atoms with Crippen LogP contribution in [0.1, 0.15) is 10.4 Å². The SMILES string of the molecule is O=C(O)c1ccc(I)c(Oc2ccc(Br)cc2[N+](=O)[O-])c1. The number of benzene rings is 2. The quantitative estimate of drug-likeness (QED) is 0.411. The number of ether oxygens (including phenoxy) is 1. The summed E-state index contributed by atoms with van der Waals surface area (Å²) in [5.74, 6) is -0.800. The molecule has 0 bridgehead atoms. The van der Waals surface area contributed by atoms with Crippen LogP contribution in [0.15, 0.2) is 40.9 Å². The van der Waals surface area contributed by atoms with Crippen molar-refractivity contribution in [1.29, 1.82) is 0 Å². The van der Waals surface area contributed by atoms with Crippen LogP contribution in [-0.2, 0) is 0 Å². The molecule has 0 aliphatic rings. The normalized spacial score (nSPS) is 10.2. The highest BCUT2D eigenvalue weighted by Gasteiger charge is 2.18. The monoisotopic (exact) mass is 463 g/mol. The number of rotatable bonds is 4. The summed E-state index contributed by atoms with van der Waals surface area (Å²) in [4.78, 5) is 21.4. The number of aromatic carboxylic acids is 1. The summed E-state index contributed by atoms with van der Waals surface area (Å²) in [5, 5.41) is 20.0. The van der Waals surface area contributed by atoms with E-state index in [1.165, 1.54) is 24.3 Å². The minimum absolute atomic E-state index is 0.0451. The van der Waals surface area contributed by atoms with Crippen LogP contribution in [0, 0.1) is 13.7 Å². The fraction of sp³-hybridized carbons (Fsp3) is 0. The largest absolute Gasteiger partial charge is 0.478 e. The second-order valence-electron chi connectivity index (χ2n) is 3.92. The van der Waals surface area contributed by atoms with Crippen LogP contribution < -0.4 is 4.74 Å². The molecule has 8 heteroatoms. The van der Waals surface area contributed by atoms with Gasteiger partial charge in [0.1, 0.15) is 5.75 Å². The Hall–Kier alpha value is -1.68. The second kappa shape index (κ2) is 6.39. The van der Waals surface area contributed by atoms with Crippen molar-refractivity contribution in [2.75, 3.05) is 0 Å². The van der Waals surface area contributed by atoms with E-state index in [1.54, 1.807) is 12.1 Å². The summed E-state index contributed by atoms with van der Waals surface area (Å²) < 4.78 is 6.71. The predicted molar refractivity (Wildman–Crippen MR) is 87.0 cm³/mol. The van der Waals surface area contributed by atoms with E-state index in [4.69, 9.17) is 9.84 Å². The molecule has 0 unspecified atom stereocenters. The van der Waals surface area contributed by atoms with Crippen molar-refractivity contribution in [3.63, 3.8) is 0 Å². The lowest BCUT2D eigenvalue weighted by Gasteiger charge is -2.09. The summed E-state index contributed by atoms with van der Waals surface area (Å²) in [6, 6.07) is 8.72. The van der Waals surface area contributed by atoms with Gasteiger partial charge in [0, 0.05) is 10.5 Å². The van der Waals surface area contributed by atoms with Crippen LogP contribution in [0.25, 0.3) is 0 Å². The maximum Gasteiger partial charge on any atom is 0.335 e. The van der Waals surface area contributed by atoms with E-state index in [0.717, 1.165) is 0 Å². The Morgan fingerprint density at radius 2 is 1.95 bits per heavy atom. The number of carbonyl (C=O) groups is 1. The summed E-state index contributed by atoms with van der Waals surface area (Å²) in [7, 11) is 0. The minimum atomic E-state index is -1.10. The topological polar surface area (TPSA) is 89.7 Å². The molecule has 0 aliphatic heterocycles. The van der Waals surface area contributed by atoms with E-state index >= 15 is 0 Å². The lowest BCUT2D eigenvalue weighted by molar-refractivity contribution is -0.385. The first-order valence-corrected chi connectivity index (χ1v) is 7.40. The van der Waals surface area contributed by atoms with Crippen molar-refractivity contribution in [3.8, 4) is 11.5 Å². The number of halogens is 2. The zero-order valence-corrected chi connectivity index (χ0v) is 14.0. The van der Waals surface area contributed by atoms with Gasteiger partial charge in [-0.1, -0.05) is 15.9 Å². The molecule has 2 rings (SSSR count). The molecule has 21 heavy (non-hydrogen) atoms. The maximum absolute atomic E-state index is 11.0. The highest BCUT2D eigenvalue weighted by atomic mass is 127. The molecule has 0 aliphatic carbocycles. The summed E-state index contributed by atoms with van der Waals surface area (Å²) in [6.45, 7) is 0. The molecule has 108 valence electrons. The lowest BCUT2D eigenvalue weighted by Crippen LogP contribution is -1.99. The summed E-state index contributed by atoms with van der Waals surface area (Å²) >= 11 is 5.12. The molecule has 6 nitrogen and oxygen atoms in total. The molecule has 2 aromatic carbocycles. The Morgan fingerprint density at radius 3 is 2.57 bits per heavy atom. The van der Waals surface area contributed by atoms with E-state index in [2.05, 4.69) is 15.9 Å². The highest BCUT2D eigenvalue weighted by molar-refractivity contribution is 14.1. The average Bonchev–Trinajstić information content (AvgIpc) is 2.42. The third kappa shape index (κ3) is 3.70. The zero-order chi connectivity index (χ0) is 15.6. The van der Waals surface area contributed by atoms with E-state index < -0.39 is 10.9 Å². The molecule has 0 heterocycles. The molecule has 0 saturated carbocycles. The number of carboxylic acid groups (broad SMARTS) is 1. The van der Waals surface area contributed by atoms with E-state index in [1.807, 2.05) is 22.6 Å². The number of nitrogens with zero attached hydrogens (tertiary/aromatic N) is 1. The number of nitro benzene ring substituents is 1.